The maximum Gasteiger partial charge on any atom is 0.309 e. The van der Waals surface area contributed by atoms with Gasteiger partial charge in [0.05, 0.1) is 25.0 Å². The highest BCUT2D eigenvalue weighted by molar-refractivity contribution is 5.79. The first-order valence-corrected chi connectivity index (χ1v) is 9.87. The lowest BCUT2D eigenvalue weighted by atomic mass is 9.81. The first kappa shape index (κ1) is 21.7. The Balaban J connectivity index is 1.75. The molecule has 0 aromatic carbocycles. The number of aliphatic hydroxyl groups excluding tert-OH is 1. The molecule has 7 nitrogen and oxygen atoms in total. The van der Waals surface area contributed by atoms with E-state index in [0.717, 1.165) is 0 Å². The molecular formula is C20H33NO6. The third-order valence-corrected chi connectivity index (χ3v) is 5.57. The molecule has 0 unspecified atom stereocenters. The van der Waals surface area contributed by atoms with Crippen LogP contribution >= 0.6 is 0 Å². The number of hydrogen-bond donors (Lipinski definition) is 2. The van der Waals surface area contributed by atoms with E-state index in [2.05, 4.69) is 5.32 Å². The molecule has 0 saturated heterocycles. The second-order valence-corrected chi connectivity index (χ2v) is 8.85. The monoisotopic (exact) mass is 383 g/mol. The van der Waals surface area contributed by atoms with E-state index in [1.54, 1.807) is 0 Å². The summed E-state index contributed by atoms with van der Waals surface area (Å²) >= 11 is 0. The van der Waals surface area contributed by atoms with Crippen molar-refractivity contribution in [1.82, 2.24) is 5.32 Å². The maximum atomic E-state index is 12.4. The van der Waals surface area contributed by atoms with Gasteiger partial charge in [-0.3, -0.25) is 14.4 Å². The molecule has 2 saturated carbocycles. The summed E-state index contributed by atoms with van der Waals surface area (Å²) in [5.74, 6) is -1.19. The summed E-state index contributed by atoms with van der Waals surface area (Å²) in [5, 5.41) is 13.2. The average Bonchev–Trinajstić information content (AvgIpc) is 2.98. The van der Waals surface area contributed by atoms with Gasteiger partial charge in [0.1, 0.15) is 5.60 Å². The molecular weight excluding hydrogens is 350 g/mol. The molecule has 7 heteroatoms. The smallest absolute Gasteiger partial charge is 0.309 e. The van der Waals surface area contributed by atoms with Gasteiger partial charge in [0.2, 0.25) is 5.91 Å². The van der Waals surface area contributed by atoms with Gasteiger partial charge in [0, 0.05) is 18.4 Å². The zero-order valence-corrected chi connectivity index (χ0v) is 16.8. The molecule has 27 heavy (non-hydrogen) atoms. The van der Waals surface area contributed by atoms with Crippen molar-refractivity contribution in [3.8, 4) is 0 Å². The van der Waals surface area contributed by atoms with Crippen molar-refractivity contribution in [3.05, 3.63) is 0 Å². The lowest BCUT2D eigenvalue weighted by molar-refractivity contribution is -0.160. The summed E-state index contributed by atoms with van der Waals surface area (Å²) in [6.07, 6.45) is 2.94. The van der Waals surface area contributed by atoms with Crippen LogP contribution in [0.15, 0.2) is 0 Å². The van der Waals surface area contributed by atoms with Crippen LogP contribution in [-0.4, -0.2) is 48.3 Å². The zero-order valence-electron chi connectivity index (χ0n) is 16.8. The highest BCUT2D eigenvalue weighted by Gasteiger charge is 2.39. The number of nitrogens with one attached hydrogen (secondary N) is 1. The van der Waals surface area contributed by atoms with Gasteiger partial charge in [-0.2, -0.15) is 0 Å². The summed E-state index contributed by atoms with van der Waals surface area (Å²) in [6, 6.07) is 0. The Morgan fingerprint density at radius 2 is 1.56 bits per heavy atom. The zero-order chi connectivity index (χ0) is 20.2. The summed E-state index contributed by atoms with van der Waals surface area (Å²) in [4.78, 5) is 36.2. The highest BCUT2D eigenvalue weighted by Crippen LogP contribution is 2.33. The summed E-state index contributed by atoms with van der Waals surface area (Å²) in [5.41, 5.74) is -0.544. The Hall–Kier alpha value is -1.63. The van der Waals surface area contributed by atoms with Crippen molar-refractivity contribution in [3.63, 3.8) is 0 Å². The Bertz CT molecular complexity index is 547. The minimum Gasteiger partial charge on any atom is -0.469 e. The molecule has 2 rings (SSSR count). The van der Waals surface area contributed by atoms with Crippen LogP contribution in [0.25, 0.3) is 0 Å². The standard InChI is InChI=1S/C20H33NO6/c1-20(2,3)27-19(25)14-9-15(16(22)10-14)11-21-17(23)12-5-7-13(8-6-12)18(24)26-4/h12-16,22H,5-11H2,1-4H3,(H,21,23)/t12?,13?,14-,15+,16-/m1/s1. The number of aliphatic hydroxyl groups is 1. The number of hydrogen-bond acceptors (Lipinski definition) is 6. The Labute approximate surface area is 161 Å². The minimum absolute atomic E-state index is 0.0359. The van der Waals surface area contributed by atoms with Gasteiger partial charge in [-0.1, -0.05) is 0 Å². The average molecular weight is 383 g/mol. The Morgan fingerprint density at radius 1 is 0.963 bits per heavy atom. The number of ether oxygens (including phenoxy) is 2. The van der Waals surface area contributed by atoms with Crippen molar-refractivity contribution < 1.29 is 29.0 Å². The molecule has 2 aliphatic rings. The van der Waals surface area contributed by atoms with Gasteiger partial charge >= 0.3 is 11.9 Å². The predicted octanol–water partition coefficient (Wildman–Crippen LogP) is 1.81. The fourth-order valence-electron chi connectivity index (χ4n) is 4.03. The SMILES string of the molecule is COC(=O)C1CCC(C(=O)NC[C@@H]2C[C@@H](C(=O)OC(C)(C)C)C[C@H]2O)CC1. The molecule has 2 N–H and O–H groups in total. The second-order valence-electron chi connectivity index (χ2n) is 8.85. The molecule has 0 bridgehead atoms. The molecule has 0 heterocycles. The molecule has 0 aromatic heterocycles. The second kappa shape index (κ2) is 9.04. The fraction of sp³-hybridized carbons (Fsp3) is 0.850. The van der Waals surface area contributed by atoms with E-state index in [-0.39, 0.29) is 41.5 Å². The van der Waals surface area contributed by atoms with Crippen molar-refractivity contribution in [2.75, 3.05) is 13.7 Å². The van der Waals surface area contributed by atoms with E-state index in [9.17, 15) is 19.5 Å². The third-order valence-electron chi connectivity index (χ3n) is 5.57. The van der Waals surface area contributed by atoms with E-state index in [0.29, 0.717) is 45.1 Å². The number of carbonyl (C=O) groups is 3. The first-order valence-electron chi connectivity index (χ1n) is 9.87. The molecule has 0 spiro atoms. The predicted molar refractivity (Wildman–Crippen MR) is 98.5 cm³/mol. The fourth-order valence-corrected chi connectivity index (χ4v) is 4.03. The lowest BCUT2D eigenvalue weighted by Crippen LogP contribution is -2.38. The molecule has 2 aliphatic carbocycles. The number of carbonyl (C=O) groups excluding carboxylic acids is 3. The quantitative estimate of drug-likeness (QED) is 0.702. The topological polar surface area (TPSA) is 102 Å². The van der Waals surface area contributed by atoms with Gasteiger partial charge < -0.3 is 19.9 Å². The van der Waals surface area contributed by atoms with Crippen LogP contribution in [0.1, 0.15) is 59.3 Å². The number of amides is 1. The van der Waals surface area contributed by atoms with Crippen LogP contribution < -0.4 is 5.32 Å². The van der Waals surface area contributed by atoms with Crippen molar-refractivity contribution in [2.24, 2.45) is 23.7 Å². The number of methoxy groups -OCH3 is 1. The van der Waals surface area contributed by atoms with Gasteiger partial charge in [-0.15, -0.1) is 0 Å². The number of rotatable bonds is 5. The molecule has 154 valence electrons. The summed E-state index contributed by atoms with van der Waals surface area (Å²) in [6.45, 7) is 5.82. The van der Waals surface area contributed by atoms with Gasteiger partial charge in [-0.25, -0.2) is 0 Å². The van der Waals surface area contributed by atoms with Crippen molar-refractivity contribution in [2.45, 2.75) is 71.0 Å². The normalized spacial score (nSPS) is 31.2. The van der Waals surface area contributed by atoms with Crippen LogP contribution in [0.5, 0.6) is 0 Å². The molecule has 0 aromatic rings. The van der Waals surface area contributed by atoms with Crippen LogP contribution in [0, 0.1) is 23.7 Å². The van der Waals surface area contributed by atoms with E-state index in [1.165, 1.54) is 7.11 Å². The van der Waals surface area contributed by atoms with Crippen LogP contribution in [0.3, 0.4) is 0 Å². The largest absolute Gasteiger partial charge is 0.469 e. The Kier molecular flexibility index (Phi) is 7.25. The molecule has 0 radical (unpaired) electrons. The highest BCUT2D eigenvalue weighted by atomic mass is 16.6. The van der Waals surface area contributed by atoms with E-state index >= 15 is 0 Å². The van der Waals surface area contributed by atoms with Crippen molar-refractivity contribution in [1.29, 1.82) is 0 Å². The third kappa shape index (κ3) is 6.19. The van der Waals surface area contributed by atoms with Crippen molar-refractivity contribution >= 4 is 17.8 Å². The minimum atomic E-state index is -0.613. The number of esters is 2. The first-order chi connectivity index (χ1) is 12.6. The Morgan fingerprint density at radius 3 is 2.11 bits per heavy atom. The van der Waals surface area contributed by atoms with Gasteiger partial charge in [-0.05, 0) is 59.3 Å². The summed E-state index contributed by atoms with van der Waals surface area (Å²) in [7, 11) is 1.39. The molecule has 3 atom stereocenters. The van der Waals surface area contributed by atoms with Crippen LogP contribution in [0.2, 0.25) is 0 Å². The molecule has 2 fully saturated rings. The van der Waals surface area contributed by atoms with E-state index in [1.807, 2.05) is 20.8 Å². The maximum absolute atomic E-state index is 12.4. The molecule has 0 aliphatic heterocycles. The van der Waals surface area contributed by atoms with E-state index in [4.69, 9.17) is 9.47 Å². The summed E-state index contributed by atoms with van der Waals surface area (Å²) < 4.78 is 10.2. The van der Waals surface area contributed by atoms with Gasteiger partial charge in [0.15, 0.2) is 0 Å². The molecule has 1 amide bonds. The van der Waals surface area contributed by atoms with Crippen LogP contribution in [-0.2, 0) is 23.9 Å². The van der Waals surface area contributed by atoms with Crippen LogP contribution in [0.4, 0.5) is 0 Å². The lowest BCUT2D eigenvalue weighted by Gasteiger charge is -2.26. The van der Waals surface area contributed by atoms with Gasteiger partial charge in [0.25, 0.3) is 0 Å². The van der Waals surface area contributed by atoms with E-state index < -0.39 is 11.7 Å².